The topological polar surface area (TPSA) is 50.2 Å². The van der Waals surface area contributed by atoms with Crippen LogP contribution in [-0.2, 0) is 11.2 Å². The molecule has 0 saturated heterocycles. The first kappa shape index (κ1) is 11.1. The van der Waals surface area contributed by atoms with Crippen LogP contribution in [0.4, 0.5) is 0 Å². The molecule has 0 radical (unpaired) electrons. The number of aliphatic carboxylic acids is 1. The molecule has 0 aliphatic rings. The summed E-state index contributed by atoms with van der Waals surface area (Å²) in [6.45, 7) is 0. The van der Waals surface area contributed by atoms with E-state index in [1.54, 1.807) is 0 Å². The normalized spacial score (nSPS) is 9.71. The Balaban J connectivity index is 0.000000980. The summed E-state index contributed by atoms with van der Waals surface area (Å²) in [6, 6.07) is 7.65. The zero-order valence-corrected chi connectivity index (χ0v) is 9.67. The Kier molecular flexibility index (Phi) is 3.60. The maximum absolute atomic E-state index is 10.4. The zero-order valence-electron chi connectivity index (χ0n) is 7.14. The van der Waals surface area contributed by atoms with E-state index in [1.165, 1.54) is 11.3 Å². The van der Waals surface area contributed by atoms with Gasteiger partial charge in [-0.05, 0) is 12.1 Å². The molecule has 1 N–H and O–H groups in total. The number of carboxylic acids is 1. The molecule has 0 spiro atoms. The number of para-hydroxylation sites is 1. The fourth-order valence-corrected chi connectivity index (χ4v) is 2.08. The number of halogens is 1. The van der Waals surface area contributed by atoms with E-state index in [4.69, 9.17) is 5.11 Å². The van der Waals surface area contributed by atoms with Crippen molar-refractivity contribution < 1.29 is 9.90 Å². The largest absolute Gasteiger partial charge is 0.481 e. The van der Waals surface area contributed by atoms with Gasteiger partial charge >= 0.3 is 5.97 Å². The van der Waals surface area contributed by atoms with Crippen molar-refractivity contribution in [3.05, 3.63) is 29.3 Å². The number of fused-ring (bicyclic) bond motifs is 1. The van der Waals surface area contributed by atoms with E-state index in [9.17, 15) is 4.79 Å². The molecule has 2 rings (SSSR count). The number of nitrogens with zero attached hydrogens (tertiary/aromatic N) is 1. The summed E-state index contributed by atoms with van der Waals surface area (Å²) >= 11 is 1.43. The maximum atomic E-state index is 10.4. The van der Waals surface area contributed by atoms with Crippen LogP contribution in [0.15, 0.2) is 24.3 Å². The van der Waals surface area contributed by atoms with Crippen molar-refractivity contribution in [2.45, 2.75) is 6.42 Å². The molecule has 0 fully saturated rings. The first-order valence-electron chi connectivity index (χ1n) is 3.82. The molecule has 0 atom stereocenters. The first-order valence-corrected chi connectivity index (χ1v) is 4.63. The molecule has 2 aromatic rings. The number of hydrogen-bond acceptors (Lipinski definition) is 3. The van der Waals surface area contributed by atoms with Crippen LogP contribution in [0.3, 0.4) is 0 Å². The minimum absolute atomic E-state index is 0. The lowest BCUT2D eigenvalue weighted by Gasteiger charge is -1.84. The van der Waals surface area contributed by atoms with E-state index < -0.39 is 5.97 Å². The van der Waals surface area contributed by atoms with E-state index in [2.05, 4.69) is 4.98 Å². The van der Waals surface area contributed by atoms with Crippen LogP contribution < -0.4 is 0 Å². The molecule has 1 heterocycles. The molecular weight excluding hydrogens is 266 g/mol. The van der Waals surface area contributed by atoms with Crippen LogP contribution in [0.5, 0.6) is 0 Å². The van der Waals surface area contributed by atoms with Crippen molar-refractivity contribution in [2.75, 3.05) is 0 Å². The third-order valence-corrected chi connectivity index (χ3v) is 2.68. The SMILES string of the molecule is Br.O=C(O)Cc1nc2ccccc2s1. The highest BCUT2D eigenvalue weighted by molar-refractivity contribution is 8.93. The van der Waals surface area contributed by atoms with Crippen molar-refractivity contribution in [1.82, 2.24) is 4.98 Å². The molecule has 0 unspecified atom stereocenters. The van der Waals surface area contributed by atoms with Gasteiger partial charge in [0.05, 0.1) is 16.6 Å². The van der Waals surface area contributed by atoms with E-state index in [-0.39, 0.29) is 23.4 Å². The van der Waals surface area contributed by atoms with Crippen LogP contribution in [0.25, 0.3) is 10.2 Å². The van der Waals surface area contributed by atoms with Gasteiger partial charge in [-0.25, -0.2) is 4.98 Å². The van der Waals surface area contributed by atoms with Crippen molar-refractivity contribution >= 4 is 44.5 Å². The molecule has 1 aromatic heterocycles. The summed E-state index contributed by atoms with van der Waals surface area (Å²) in [4.78, 5) is 14.6. The second kappa shape index (κ2) is 4.52. The number of rotatable bonds is 2. The predicted molar refractivity (Wildman–Crippen MR) is 61.3 cm³/mol. The lowest BCUT2D eigenvalue weighted by atomic mass is 10.3. The summed E-state index contributed by atoms with van der Waals surface area (Å²) in [5, 5.41) is 9.22. The maximum Gasteiger partial charge on any atom is 0.310 e. The first-order chi connectivity index (χ1) is 6.25. The van der Waals surface area contributed by atoms with Crippen molar-refractivity contribution in [1.29, 1.82) is 0 Å². The third-order valence-electron chi connectivity index (χ3n) is 1.64. The van der Waals surface area contributed by atoms with Gasteiger partial charge in [-0.3, -0.25) is 4.79 Å². The molecule has 5 heteroatoms. The fraction of sp³-hybridized carbons (Fsp3) is 0.111. The van der Waals surface area contributed by atoms with Gasteiger partial charge in [-0.2, -0.15) is 0 Å². The molecule has 1 aromatic carbocycles. The number of benzene rings is 1. The third kappa shape index (κ3) is 2.30. The molecule has 0 saturated carbocycles. The second-order valence-corrected chi connectivity index (χ2v) is 3.76. The molecule has 0 aliphatic carbocycles. The van der Waals surface area contributed by atoms with E-state index in [0.717, 1.165) is 10.2 Å². The quantitative estimate of drug-likeness (QED) is 0.915. The lowest BCUT2D eigenvalue weighted by Crippen LogP contribution is -1.98. The number of thiazole rings is 1. The Hall–Kier alpha value is -0.940. The summed E-state index contributed by atoms with van der Waals surface area (Å²) in [5.41, 5.74) is 0.878. The molecule has 0 aliphatic heterocycles. The summed E-state index contributed by atoms with van der Waals surface area (Å²) < 4.78 is 1.04. The van der Waals surface area contributed by atoms with Crippen LogP contribution >= 0.6 is 28.3 Å². The van der Waals surface area contributed by atoms with Gasteiger partial charge in [-0.1, -0.05) is 12.1 Å². The fourth-order valence-electron chi connectivity index (χ4n) is 1.12. The zero-order chi connectivity index (χ0) is 9.26. The lowest BCUT2D eigenvalue weighted by molar-refractivity contribution is -0.136. The summed E-state index contributed by atoms with van der Waals surface area (Å²) in [6.07, 6.45) is 0.0132. The monoisotopic (exact) mass is 273 g/mol. The van der Waals surface area contributed by atoms with E-state index in [0.29, 0.717) is 5.01 Å². The predicted octanol–water partition coefficient (Wildman–Crippen LogP) is 2.50. The van der Waals surface area contributed by atoms with Gasteiger partial charge < -0.3 is 5.11 Å². The minimum Gasteiger partial charge on any atom is -0.481 e. The average molecular weight is 274 g/mol. The van der Waals surface area contributed by atoms with Gasteiger partial charge in [0.25, 0.3) is 0 Å². The van der Waals surface area contributed by atoms with Crippen LogP contribution in [0.2, 0.25) is 0 Å². The highest BCUT2D eigenvalue weighted by Gasteiger charge is 2.06. The Labute approximate surface area is 95.2 Å². The highest BCUT2D eigenvalue weighted by atomic mass is 79.9. The molecule has 0 amide bonds. The molecule has 3 nitrogen and oxygen atoms in total. The van der Waals surface area contributed by atoms with Gasteiger partial charge in [0, 0.05) is 0 Å². The van der Waals surface area contributed by atoms with Crippen molar-refractivity contribution in [3.63, 3.8) is 0 Å². The Morgan fingerprint density at radius 2 is 2.14 bits per heavy atom. The van der Waals surface area contributed by atoms with Gasteiger partial charge in [-0.15, -0.1) is 28.3 Å². The molecular formula is C9H8BrNO2S. The molecule has 74 valence electrons. The number of carboxylic acid groups (broad SMARTS) is 1. The van der Waals surface area contributed by atoms with Gasteiger partial charge in [0.2, 0.25) is 0 Å². The van der Waals surface area contributed by atoms with Crippen LogP contribution in [0, 0.1) is 0 Å². The Morgan fingerprint density at radius 1 is 1.43 bits per heavy atom. The van der Waals surface area contributed by atoms with Gasteiger partial charge in [0.15, 0.2) is 0 Å². The average Bonchev–Trinajstić information content (AvgIpc) is 2.44. The van der Waals surface area contributed by atoms with E-state index in [1.807, 2.05) is 24.3 Å². The number of aromatic nitrogens is 1. The second-order valence-electron chi connectivity index (χ2n) is 2.65. The Bertz CT molecular complexity index is 422. The van der Waals surface area contributed by atoms with Gasteiger partial charge in [0.1, 0.15) is 5.01 Å². The smallest absolute Gasteiger partial charge is 0.310 e. The Morgan fingerprint density at radius 3 is 2.79 bits per heavy atom. The molecule has 0 bridgehead atoms. The minimum atomic E-state index is -0.834. The molecule has 14 heavy (non-hydrogen) atoms. The van der Waals surface area contributed by atoms with Crippen molar-refractivity contribution in [2.24, 2.45) is 0 Å². The number of hydrogen-bond donors (Lipinski definition) is 1. The standard InChI is InChI=1S/C9H7NO2S.BrH/c11-9(12)5-8-10-6-3-1-2-4-7(6)13-8;/h1-4H,5H2,(H,11,12);1H. The van der Waals surface area contributed by atoms with E-state index >= 15 is 0 Å². The highest BCUT2D eigenvalue weighted by Crippen LogP contribution is 2.21. The van der Waals surface area contributed by atoms with Crippen LogP contribution in [0.1, 0.15) is 5.01 Å². The summed E-state index contributed by atoms with van der Waals surface area (Å²) in [5.74, 6) is -0.834. The van der Waals surface area contributed by atoms with Crippen molar-refractivity contribution in [3.8, 4) is 0 Å². The summed E-state index contributed by atoms with van der Waals surface area (Å²) in [7, 11) is 0. The number of carbonyl (C=O) groups is 1. The van der Waals surface area contributed by atoms with Crippen LogP contribution in [-0.4, -0.2) is 16.1 Å².